The molecule has 1 aliphatic rings. The molecule has 0 aliphatic carbocycles. The summed E-state index contributed by atoms with van der Waals surface area (Å²) in [5.41, 5.74) is 6.61. The Morgan fingerprint density at radius 3 is 2.41 bits per heavy atom. The molecule has 0 amide bonds. The number of carbonyl (C=O) groups excluding carboxylic acids is 3. The Morgan fingerprint density at radius 1 is 1.26 bits per heavy atom. The van der Waals surface area contributed by atoms with Crippen molar-refractivity contribution in [2.24, 2.45) is 5.73 Å². The van der Waals surface area contributed by atoms with Crippen molar-refractivity contribution in [2.75, 3.05) is 13.7 Å². The molecule has 3 atom stereocenters. The first-order valence-electron chi connectivity index (χ1n) is 11.0. The fourth-order valence-corrected chi connectivity index (χ4v) is 3.24. The fraction of sp³-hybridized carbons (Fsp3) is 0.417. The van der Waals surface area contributed by atoms with E-state index in [-0.39, 0.29) is 70.2 Å². The Bertz CT molecular complexity index is 1160. The number of nitrogens with one attached hydrogen (secondary N) is 1. The molecule has 0 saturated carbocycles. The molecule has 0 spiro atoms. The molecule has 39 heavy (non-hydrogen) atoms. The average molecular weight is 582 g/mol. The first-order chi connectivity index (χ1) is 17.8. The summed E-state index contributed by atoms with van der Waals surface area (Å²) in [6.45, 7) is 2.59. The molecule has 3 rings (SSSR count). The summed E-state index contributed by atoms with van der Waals surface area (Å²) in [6, 6.07) is 9.43. The third kappa shape index (κ3) is 14.5. The van der Waals surface area contributed by atoms with Gasteiger partial charge in [0, 0.05) is 43.3 Å². The molecule has 1 aliphatic heterocycles. The molecule has 11 nitrogen and oxygen atoms in total. The van der Waals surface area contributed by atoms with Crippen molar-refractivity contribution in [3.05, 3.63) is 48.0 Å². The number of alkyl halides is 3. The van der Waals surface area contributed by atoms with Crippen molar-refractivity contribution in [2.45, 2.75) is 51.3 Å². The molecule has 15 heteroatoms. The molecular weight excluding hydrogens is 554 g/mol. The molecule has 1 aromatic carbocycles. The van der Waals surface area contributed by atoms with E-state index in [1.165, 1.54) is 27.0 Å². The molecule has 0 radical (unpaired) electrons. The van der Waals surface area contributed by atoms with Gasteiger partial charge in [0.15, 0.2) is 6.10 Å². The molecular formula is C24H27F3KN3O8. The smallest absolute Gasteiger partial charge is 0.771 e. The van der Waals surface area contributed by atoms with E-state index in [4.69, 9.17) is 30.3 Å². The van der Waals surface area contributed by atoms with Crippen LogP contribution in [0.3, 0.4) is 0 Å². The van der Waals surface area contributed by atoms with Crippen molar-refractivity contribution in [1.29, 1.82) is 5.26 Å². The molecule has 0 fully saturated rings. The number of methoxy groups -OCH3 is 1. The van der Waals surface area contributed by atoms with Crippen LogP contribution in [0.25, 0.3) is 10.8 Å². The standard InChI is InChI=1S/C14H21NO7.C9H6N2.CF3O.K/c1-8(16)20-7-6-11(21-9(2)17)13-10(15)4-5-12(22-13)14(18)19-3;10-5-9-8-4-2-1-3-7(8)6-11-9;2-1(3,4)5;/h5,10-11,13H,4,6-7,15H2,1-3H3;1-4,6,11H;;/q;;-1;+1. The number of benzene rings is 1. The van der Waals surface area contributed by atoms with Crippen LogP contribution in [-0.4, -0.2) is 61.2 Å². The van der Waals surface area contributed by atoms with Crippen molar-refractivity contribution < 1.29 is 103 Å². The second-order valence-corrected chi connectivity index (χ2v) is 7.63. The number of aromatic nitrogens is 1. The molecule has 3 N–H and O–H groups in total. The van der Waals surface area contributed by atoms with E-state index >= 15 is 0 Å². The monoisotopic (exact) mass is 581 g/mol. The molecule has 2 aromatic rings. The van der Waals surface area contributed by atoms with Gasteiger partial charge in [-0.3, -0.25) is 9.59 Å². The predicted octanol–water partition coefficient (Wildman–Crippen LogP) is -1.05. The molecule has 0 saturated heterocycles. The Labute approximate surface area is 264 Å². The Morgan fingerprint density at radius 2 is 1.87 bits per heavy atom. The van der Waals surface area contributed by atoms with Gasteiger partial charge in [-0.15, -0.1) is 0 Å². The molecule has 0 bridgehead atoms. The topological polar surface area (TPSA) is 177 Å². The second kappa shape index (κ2) is 18.0. The number of fused-ring (bicyclic) bond motifs is 1. The van der Waals surface area contributed by atoms with Crippen molar-refractivity contribution in [1.82, 2.24) is 4.98 Å². The van der Waals surface area contributed by atoms with Gasteiger partial charge in [-0.1, -0.05) is 24.3 Å². The number of rotatable bonds is 6. The van der Waals surface area contributed by atoms with Gasteiger partial charge >= 0.3 is 75.7 Å². The van der Waals surface area contributed by atoms with Crippen LogP contribution in [0.1, 0.15) is 32.4 Å². The first kappa shape index (κ1) is 36.5. The third-order valence-corrected chi connectivity index (χ3v) is 4.75. The number of hydrogen-bond donors (Lipinski definition) is 2. The van der Waals surface area contributed by atoms with Crippen LogP contribution < -0.4 is 62.2 Å². The summed E-state index contributed by atoms with van der Waals surface area (Å²) in [7, 11) is 1.24. The number of hydrogen-bond acceptors (Lipinski definition) is 10. The minimum absolute atomic E-state index is 0. The van der Waals surface area contributed by atoms with Crippen LogP contribution in [0.4, 0.5) is 13.2 Å². The van der Waals surface area contributed by atoms with E-state index in [2.05, 4.69) is 15.8 Å². The van der Waals surface area contributed by atoms with Crippen molar-refractivity contribution >= 4 is 28.7 Å². The third-order valence-electron chi connectivity index (χ3n) is 4.75. The number of nitrogens with zero attached hydrogens (tertiary/aromatic N) is 1. The van der Waals surface area contributed by atoms with Gasteiger partial charge < -0.3 is 34.8 Å². The summed E-state index contributed by atoms with van der Waals surface area (Å²) in [5.74, 6) is -1.55. The maximum absolute atomic E-state index is 11.5. The SMILES string of the molecule is COC(=O)C1=CCC(N)C(C(CCOC(C)=O)OC(C)=O)O1.N#Cc1[nH]cc2ccccc12.[K+].[O-]C(F)(F)F. The second-order valence-electron chi connectivity index (χ2n) is 7.63. The van der Waals surface area contributed by atoms with Crippen LogP contribution in [-0.2, 0) is 33.3 Å². The molecule has 208 valence electrons. The summed E-state index contributed by atoms with van der Waals surface area (Å²) in [6.07, 6.45) is -2.75. The first-order valence-corrected chi connectivity index (χ1v) is 11.0. The number of ether oxygens (including phenoxy) is 4. The van der Waals surface area contributed by atoms with Crippen molar-refractivity contribution in [3.63, 3.8) is 0 Å². The van der Waals surface area contributed by atoms with E-state index in [1.807, 2.05) is 30.5 Å². The largest absolute Gasteiger partial charge is 1.00 e. The minimum atomic E-state index is -5.25. The van der Waals surface area contributed by atoms with Gasteiger partial charge in [0.1, 0.15) is 17.9 Å². The van der Waals surface area contributed by atoms with E-state index in [0.29, 0.717) is 12.1 Å². The Balaban J connectivity index is 0.000000699. The van der Waals surface area contributed by atoms with Crippen molar-refractivity contribution in [3.8, 4) is 6.07 Å². The number of aromatic amines is 1. The van der Waals surface area contributed by atoms with Gasteiger partial charge in [0.25, 0.3) is 0 Å². The number of nitrogens with two attached hydrogens (primary N) is 1. The van der Waals surface area contributed by atoms with Crippen LogP contribution in [0.15, 0.2) is 42.3 Å². The number of H-pyrrole nitrogens is 1. The molecule has 2 heterocycles. The zero-order valence-corrected chi connectivity index (χ0v) is 24.9. The quantitative estimate of drug-likeness (QED) is 0.243. The van der Waals surface area contributed by atoms with Gasteiger partial charge in [-0.25, -0.2) is 4.79 Å². The van der Waals surface area contributed by atoms with Crippen LogP contribution in [0.2, 0.25) is 0 Å². The van der Waals surface area contributed by atoms with Gasteiger partial charge in [-0.2, -0.15) is 18.4 Å². The van der Waals surface area contributed by atoms with E-state index in [1.54, 1.807) is 0 Å². The predicted molar refractivity (Wildman–Crippen MR) is 123 cm³/mol. The maximum Gasteiger partial charge on any atom is 1.00 e. The normalized spacial score (nSPS) is 16.6. The summed E-state index contributed by atoms with van der Waals surface area (Å²) in [5, 5.41) is 18.8. The van der Waals surface area contributed by atoms with Gasteiger partial charge in [0.05, 0.1) is 13.7 Å². The number of halogens is 3. The summed E-state index contributed by atoms with van der Waals surface area (Å²) >= 11 is 0. The van der Waals surface area contributed by atoms with E-state index in [9.17, 15) is 27.6 Å². The zero-order valence-electron chi connectivity index (χ0n) is 21.7. The van der Waals surface area contributed by atoms with Gasteiger partial charge in [0.2, 0.25) is 5.76 Å². The number of esters is 3. The summed E-state index contributed by atoms with van der Waals surface area (Å²) in [4.78, 5) is 36.5. The minimum Gasteiger partial charge on any atom is -0.771 e. The zero-order chi connectivity index (χ0) is 28.9. The van der Waals surface area contributed by atoms with Crippen LogP contribution >= 0.6 is 0 Å². The van der Waals surface area contributed by atoms with Gasteiger partial charge in [-0.05, 0) is 12.5 Å². The molecule has 3 unspecified atom stereocenters. The maximum atomic E-state index is 11.5. The Kier molecular flexibility index (Phi) is 16.9. The number of nitriles is 1. The van der Waals surface area contributed by atoms with E-state index in [0.717, 1.165) is 10.8 Å². The van der Waals surface area contributed by atoms with E-state index < -0.39 is 42.5 Å². The fourth-order valence-electron chi connectivity index (χ4n) is 3.24. The van der Waals surface area contributed by atoms with Crippen LogP contribution in [0.5, 0.6) is 0 Å². The molecule has 1 aromatic heterocycles. The average Bonchev–Trinajstić information content (AvgIpc) is 3.25. The number of carbonyl (C=O) groups is 3. The Hall–Kier alpha value is -2.45. The summed E-state index contributed by atoms with van der Waals surface area (Å²) < 4.78 is 49.5. The van der Waals surface area contributed by atoms with Crippen LogP contribution in [0, 0.1) is 11.3 Å².